The summed E-state index contributed by atoms with van der Waals surface area (Å²) in [6.45, 7) is 8.13. The van der Waals surface area contributed by atoms with E-state index in [1.165, 1.54) is 32.1 Å². The highest BCUT2D eigenvalue weighted by atomic mass is 28.4. The number of nitrogens with one attached hydrogen (secondary N) is 1. The van der Waals surface area contributed by atoms with E-state index in [0.717, 1.165) is 34.8 Å². The average Bonchev–Trinajstić information content (AvgIpc) is 3.07. The van der Waals surface area contributed by atoms with Crippen LogP contribution in [0.3, 0.4) is 0 Å². The maximum Gasteiger partial charge on any atom is 0.223 e. The molecule has 29 heavy (non-hydrogen) atoms. The molecule has 0 saturated heterocycles. The summed E-state index contributed by atoms with van der Waals surface area (Å²) in [5, 5.41) is 4.65. The Bertz CT molecular complexity index is 959. The van der Waals surface area contributed by atoms with E-state index in [9.17, 15) is 0 Å². The predicted molar refractivity (Wildman–Crippen MR) is 121 cm³/mol. The Morgan fingerprint density at radius 1 is 1.10 bits per heavy atom. The van der Waals surface area contributed by atoms with Gasteiger partial charge in [0.2, 0.25) is 5.95 Å². The Hall–Kier alpha value is -2.25. The predicted octanol–water partition coefficient (Wildman–Crippen LogP) is 5.09. The minimum atomic E-state index is -1.53. The zero-order chi connectivity index (χ0) is 20.3. The van der Waals surface area contributed by atoms with E-state index in [1.807, 2.05) is 24.5 Å². The zero-order valence-electron chi connectivity index (χ0n) is 17.7. The fourth-order valence-electron chi connectivity index (χ4n) is 3.96. The third-order valence-corrected chi connectivity index (χ3v) is 6.44. The molecule has 3 aromatic rings. The molecule has 0 aromatic carbocycles. The van der Waals surface area contributed by atoms with Crippen LogP contribution in [-0.2, 0) is 11.0 Å². The Morgan fingerprint density at radius 2 is 1.93 bits per heavy atom. The third-order valence-electron chi connectivity index (χ3n) is 5.37. The van der Waals surface area contributed by atoms with Gasteiger partial charge in [-0.2, -0.15) is 0 Å². The van der Waals surface area contributed by atoms with E-state index < -0.39 is 8.32 Å². The van der Waals surface area contributed by atoms with Gasteiger partial charge >= 0.3 is 0 Å². The van der Waals surface area contributed by atoms with E-state index in [2.05, 4.69) is 51.8 Å². The monoisotopic (exact) mass is 409 g/mol. The van der Waals surface area contributed by atoms with Gasteiger partial charge in [0.15, 0.2) is 8.32 Å². The Labute approximate surface area is 173 Å². The van der Waals surface area contributed by atoms with Crippen LogP contribution in [-0.4, -0.2) is 40.5 Å². The van der Waals surface area contributed by atoms with Crippen molar-refractivity contribution in [3.05, 3.63) is 36.8 Å². The van der Waals surface area contributed by atoms with Crippen LogP contribution >= 0.6 is 0 Å². The van der Waals surface area contributed by atoms with E-state index in [0.29, 0.717) is 12.6 Å². The standard InChI is InChI=1S/C22H31N5OSi/c1-29(2,3)28-15-14-27-16-19(18-10-7-12-23-21(18)27)20-11-13-24-22(26-20)25-17-8-5-4-6-9-17/h7,10-13,16-17H,4-6,8-9,14-15H2,1-3H3,(H,24,25,26). The van der Waals surface area contributed by atoms with Gasteiger partial charge < -0.3 is 14.3 Å². The summed E-state index contributed by atoms with van der Waals surface area (Å²) < 4.78 is 8.24. The van der Waals surface area contributed by atoms with Crippen molar-refractivity contribution < 1.29 is 4.43 Å². The fourth-order valence-corrected chi connectivity index (χ4v) is 4.66. The second-order valence-corrected chi connectivity index (χ2v) is 13.3. The minimum Gasteiger partial charge on any atom is -0.416 e. The fraction of sp³-hybridized carbons (Fsp3) is 0.500. The molecule has 0 unspecified atom stereocenters. The van der Waals surface area contributed by atoms with Gasteiger partial charge in [-0.05, 0) is 50.7 Å². The summed E-state index contributed by atoms with van der Waals surface area (Å²) in [5.41, 5.74) is 3.00. The number of fused-ring (bicyclic) bond motifs is 1. The summed E-state index contributed by atoms with van der Waals surface area (Å²) in [6.07, 6.45) is 12.2. The van der Waals surface area contributed by atoms with E-state index in [1.54, 1.807) is 0 Å². The summed E-state index contributed by atoms with van der Waals surface area (Å²) >= 11 is 0. The van der Waals surface area contributed by atoms with Gasteiger partial charge in [0.1, 0.15) is 5.65 Å². The topological polar surface area (TPSA) is 64.9 Å². The highest BCUT2D eigenvalue weighted by Gasteiger charge is 2.17. The number of pyridine rings is 1. The van der Waals surface area contributed by atoms with Crippen LogP contribution in [0.4, 0.5) is 5.95 Å². The highest BCUT2D eigenvalue weighted by Crippen LogP contribution is 2.29. The van der Waals surface area contributed by atoms with E-state index in [4.69, 9.17) is 9.41 Å². The first kappa shape index (κ1) is 20.0. The van der Waals surface area contributed by atoms with Crippen LogP contribution in [0.5, 0.6) is 0 Å². The lowest BCUT2D eigenvalue weighted by Crippen LogP contribution is -2.27. The Balaban J connectivity index is 1.59. The first-order chi connectivity index (χ1) is 14.0. The number of aromatic nitrogens is 4. The maximum atomic E-state index is 6.06. The lowest BCUT2D eigenvalue weighted by Gasteiger charge is -2.22. The lowest BCUT2D eigenvalue weighted by atomic mass is 9.96. The quantitative estimate of drug-likeness (QED) is 0.551. The third kappa shape index (κ3) is 5.03. The van der Waals surface area contributed by atoms with Crippen LogP contribution in [0.1, 0.15) is 32.1 Å². The van der Waals surface area contributed by atoms with Crippen molar-refractivity contribution in [2.45, 2.75) is 64.3 Å². The first-order valence-electron chi connectivity index (χ1n) is 10.7. The van der Waals surface area contributed by atoms with Crippen LogP contribution in [0.2, 0.25) is 19.6 Å². The summed E-state index contributed by atoms with van der Waals surface area (Å²) in [6, 6.07) is 6.57. The molecule has 7 heteroatoms. The molecule has 154 valence electrons. The van der Waals surface area contributed by atoms with Crippen LogP contribution in [0, 0.1) is 0 Å². The van der Waals surface area contributed by atoms with Crippen molar-refractivity contribution in [3.8, 4) is 11.3 Å². The molecule has 0 radical (unpaired) electrons. The smallest absolute Gasteiger partial charge is 0.223 e. The molecule has 1 N–H and O–H groups in total. The highest BCUT2D eigenvalue weighted by molar-refractivity contribution is 6.69. The molecule has 4 rings (SSSR count). The number of hydrogen-bond donors (Lipinski definition) is 1. The molecule has 1 saturated carbocycles. The molecular formula is C22H31N5OSi. The molecular weight excluding hydrogens is 378 g/mol. The van der Waals surface area contributed by atoms with Crippen molar-refractivity contribution >= 4 is 25.3 Å². The summed E-state index contributed by atoms with van der Waals surface area (Å²) in [4.78, 5) is 13.9. The minimum absolute atomic E-state index is 0.487. The van der Waals surface area contributed by atoms with Crippen molar-refractivity contribution in [2.75, 3.05) is 11.9 Å². The molecule has 0 bridgehead atoms. The van der Waals surface area contributed by atoms with Gasteiger partial charge in [0.25, 0.3) is 0 Å². The molecule has 0 amide bonds. The number of rotatable bonds is 7. The molecule has 1 aliphatic carbocycles. The first-order valence-corrected chi connectivity index (χ1v) is 14.1. The molecule has 3 aromatic heterocycles. The summed E-state index contributed by atoms with van der Waals surface area (Å²) in [7, 11) is -1.53. The molecule has 0 spiro atoms. The molecule has 0 aliphatic heterocycles. The van der Waals surface area contributed by atoms with Crippen molar-refractivity contribution in [2.24, 2.45) is 0 Å². The Morgan fingerprint density at radius 3 is 2.72 bits per heavy atom. The zero-order valence-corrected chi connectivity index (χ0v) is 18.7. The van der Waals surface area contributed by atoms with Gasteiger partial charge in [-0.15, -0.1) is 0 Å². The molecule has 3 heterocycles. The number of nitrogens with zero attached hydrogens (tertiary/aromatic N) is 4. The van der Waals surface area contributed by atoms with Crippen LogP contribution in [0.25, 0.3) is 22.3 Å². The normalized spacial score (nSPS) is 15.7. The molecule has 6 nitrogen and oxygen atoms in total. The SMILES string of the molecule is C[Si](C)(C)OCCn1cc(-c2ccnc(NC3CCCCC3)n2)c2cccnc21. The van der Waals surface area contributed by atoms with Crippen LogP contribution in [0.15, 0.2) is 36.8 Å². The van der Waals surface area contributed by atoms with E-state index >= 15 is 0 Å². The molecule has 1 fully saturated rings. The van der Waals surface area contributed by atoms with Gasteiger partial charge in [0.05, 0.1) is 12.3 Å². The van der Waals surface area contributed by atoms with Crippen molar-refractivity contribution in [1.82, 2.24) is 19.5 Å². The second-order valence-electron chi connectivity index (χ2n) is 8.82. The molecule has 0 atom stereocenters. The van der Waals surface area contributed by atoms with Gasteiger partial charge in [-0.1, -0.05) is 19.3 Å². The van der Waals surface area contributed by atoms with Crippen molar-refractivity contribution in [3.63, 3.8) is 0 Å². The van der Waals surface area contributed by atoms with Gasteiger partial charge in [-0.3, -0.25) is 0 Å². The van der Waals surface area contributed by atoms with Gasteiger partial charge in [0, 0.05) is 42.1 Å². The van der Waals surface area contributed by atoms with Crippen LogP contribution < -0.4 is 5.32 Å². The lowest BCUT2D eigenvalue weighted by molar-refractivity contribution is 0.294. The maximum absolute atomic E-state index is 6.06. The average molecular weight is 410 g/mol. The van der Waals surface area contributed by atoms with Crippen molar-refractivity contribution in [1.29, 1.82) is 0 Å². The van der Waals surface area contributed by atoms with Gasteiger partial charge in [-0.25, -0.2) is 15.0 Å². The number of anilines is 1. The Kier molecular flexibility index (Phi) is 5.96. The summed E-state index contributed by atoms with van der Waals surface area (Å²) in [5.74, 6) is 0.723. The van der Waals surface area contributed by atoms with E-state index in [-0.39, 0.29) is 0 Å². The second kappa shape index (κ2) is 8.63. The molecule has 1 aliphatic rings. The largest absolute Gasteiger partial charge is 0.416 e. The number of hydrogen-bond acceptors (Lipinski definition) is 5.